The summed E-state index contributed by atoms with van der Waals surface area (Å²) in [5.74, 6) is -3.48. The Labute approximate surface area is 289 Å². The van der Waals surface area contributed by atoms with Gasteiger partial charge in [-0.2, -0.15) is 0 Å². The first-order valence-electron chi connectivity index (χ1n) is 17.0. The van der Waals surface area contributed by atoms with Crippen LogP contribution in [-0.2, 0) is 38.1 Å². The van der Waals surface area contributed by atoms with Crippen LogP contribution in [0.4, 0.5) is 0 Å². The van der Waals surface area contributed by atoms with Crippen molar-refractivity contribution in [3.8, 4) is 0 Å². The van der Waals surface area contributed by atoms with Crippen molar-refractivity contribution in [2.24, 2.45) is 23.7 Å². The van der Waals surface area contributed by atoms with Crippen LogP contribution in [0.2, 0.25) is 0 Å². The standard InChI is InChI=1S/C19H32O5.C16H24O3.C3H8O2/c1-6-14(2)8-7-9-15(3)12-16(4)17(19(21)22)13-18(20)24-11-10-23-5;1-5-11(2)7-6-8-12(3)9-13(4)14-10-15(17)19-16(14)18;1-5-3-2-4/h8,12,16-17H,6-7,9-11,13H2,1-5H3,(H,21,22);7,9,13-14H,5-6,8,10H2,1-4H3;4H,2-3H2,1H3/b14-8+,15-12+;11-7+,12-9+;. The summed E-state index contributed by atoms with van der Waals surface area (Å²) in [6, 6.07) is 0. The zero-order valence-electron chi connectivity index (χ0n) is 31.3. The van der Waals surface area contributed by atoms with Crippen LogP contribution >= 0.6 is 0 Å². The average molecular weight is 681 g/mol. The van der Waals surface area contributed by atoms with Crippen LogP contribution in [0, 0.1) is 23.7 Å². The van der Waals surface area contributed by atoms with Gasteiger partial charge >= 0.3 is 23.9 Å². The number of carboxylic acids is 1. The van der Waals surface area contributed by atoms with E-state index in [1.807, 2.05) is 26.8 Å². The van der Waals surface area contributed by atoms with Gasteiger partial charge in [0.05, 0.1) is 44.5 Å². The summed E-state index contributed by atoms with van der Waals surface area (Å²) in [5.41, 5.74) is 5.17. The molecule has 0 aromatic carbocycles. The molecular formula is C38H64O10. The molecule has 1 aliphatic rings. The van der Waals surface area contributed by atoms with Crippen LogP contribution in [0.25, 0.3) is 0 Å². The Kier molecular flexibility index (Phi) is 28.3. The number of cyclic esters (lactones) is 2. The summed E-state index contributed by atoms with van der Waals surface area (Å²) < 4.78 is 18.8. The van der Waals surface area contributed by atoms with Gasteiger partial charge in [0.15, 0.2) is 0 Å². The number of carbonyl (C=O) groups excluding carboxylic acids is 3. The van der Waals surface area contributed by atoms with E-state index in [9.17, 15) is 24.3 Å². The van der Waals surface area contributed by atoms with Gasteiger partial charge < -0.3 is 29.2 Å². The Hall–Kier alpha value is -3.08. The van der Waals surface area contributed by atoms with Crippen molar-refractivity contribution in [1.29, 1.82) is 0 Å². The van der Waals surface area contributed by atoms with E-state index in [4.69, 9.17) is 14.6 Å². The number of esters is 3. The van der Waals surface area contributed by atoms with E-state index in [-0.39, 0.29) is 49.8 Å². The second-order valence-electron chi connectivity index (χ2n) is 12.3. The lowest BCUT2D eigenvalue weighted by Gasteiger charge is -2.17. The first-order chi connectivity index (χ1) is 22.7. The number of rotatable bonds is 20. The summed E-state index contributed by atoms with van der Waals surface area (Å²) in [6.45, 7) is 17.4. The van der Waals surface area contributed by atoms with E-state index in [2.05, 4.69) is 62.3 Å². The molecule has 10 heteroatoms. The molecule has 1 rings (SSSR count). The van der Waals surface area contributed by atoms with Crippen LogP contribution in [0.5, 0.6) is 0 Å². The van der Waals surface area contributed by atoms with Gasteiger partial charge in [-0.3, -0.25) is 19.2 Å². The Balaban J connectivity index is 0. The van der Waals surface area contributed by atoms with Crippen molar-refractivity contribution in [3.05, 3.63) is 46.6 Å². The van der Waals surface area contributed by atoms with Crippen molar-refractivity contribution in [3.63, 3.8) is 0 Å². The van der Waals surface area contributed by atoms with Crippen molar-refractivity contribution in [1.82, 2.24) is 0 Å². The minimum absolute atomic E-state index is 0.0650. The molecule has 0 bridgehead atoms. The number of allylic oxidation sites excluding steroid dienone is 8. The van der Waals surface area contributed by atoms with E-state index < -0.39 is 23.8 Å². The highest BCUT2D eigenvalue weighted by molar-refractivity contribution is 5.94. The molecule has 10 nitrogen and oxygen atoms in total. The molecule has 0 amide bonds. The fourth-order valence-corrected chi connectivity index (χ4v) is 4.64. The van der Waals surface area contributed by atoms with Gasteiger partial charge in [-0.25, -0.2) is 0 Å². The lowest BCUT2D eigenvalue weighted by molar-refractivity contribution is -0.153. The molecule has 2 N–H and O–H groups in total. The first kappa shape index (κ1) is 47.0. The third-order valence-electron chi connectivity index (χ3n) is 8.00. The second kappa shape index (κ2) is 28.9. The van der Waals surface area contributed by atoms with Crippen LogP contribution < -0.4 is 0 Å². The van der Waals surface area contributed by atoms with Gasteiger partial charge in [-0.15, -0.1) is 0 Å². The van der Waals surface area contributed by atoms with Gasteiger partial charge in [0, 0.05) is 14.2 Å². The minimum atomic E-state index is -0.975. The number of carbonyl (C=O) groups is 4. The number of hydrogen-bond acceptors (Lipinski definition) is 9. The van der Waals surface area contributed by atoms with Crippen LogP contribution in [0.1, 0.15) is 107 Å². The number of carboxylic acid groups (broad SMARTS) is 1. The summed E-state index contributed by atoms with van der Waals surface area (Å²) in [4.78, 5) is 45.7. The number of aliphatic hydroxyl groups excluding tert-OH is 1. The highest BCUT2D eigenvalue weighted by atomic mass is 16.6. The number of hydrogen-bond donors (Lipinski definition) is 2. The maximum Gasteiger partial charge on any atom is 0.317 e. The van der Waals surface area contributed by atoms with Crippen LogP contribution in [-0.4, -0.2) is 74.7 Å². The molecule has 0 aromatic rings. The van der Waals surface area contributed by atoms with Crippen molar-refractivity contribution in [2.75, 3.05) is 40.6 Å². The Morgan fingerprint density at radius 3 is 1.77 bits per heavy atom. The molecule has 1 heterocycles. The Morgan fingerprint density at radius 1 is 0.854 bits per heavy atom. The van der Waals surface area contributed by atoms with Crippen molar-refractivity contribution in [2.45, 2.75) is 107 Å². The third kappa shape index (κ3) is 24.1. The molecule has 0 spiro atoms. The van der Waals surface area contributed by atoms with Crippen LogP contribution in [0.3, 0.4) is 0 Å². The van der Waals surface area contributed by atoms with E-state index in [0.29, 0.717) is 13.2 Å². The molecule has 0 aromatic heterocycles. The molecule has 0 saturated carbocycles. The van der Waals surface area contributed by atoms with E-state index in [1.54, 1.807) is 7.11 Å². The highest BCUT2D eigenvalue weighted by Crippen LogP contribution is 2.27. The molecule has 4 unspecified atom stereocenters. The monoisotopic (exact) mass is 680 g/mol. The molecule has 48 heavy (non-hydrogen) atoms. The third-order valence-corrected chi connectivity index (χ3v) is 8.00. The summed E-state index contributed by atoms with van der Waals surface area (Å²) in [5, 5.41) is 17.3. The molecular weight excluding hydrogens is 616 g/mol. The van der Waals surface area contributed by atoms with Gasteiger partial charge in [-0.1, -0.05) is 74.3 Å². The fraction of sp³-hybridized carbons (Fsp3) is 0.684. The summed E-state index contributed by atoms with van der Waals surface area (Å²) in [6.07, 6.45) is 14.6. The van der Waals surface area contributed by atoms with Crippen molar-refractivity contribution < 1.29 is 48.3 Å². The molecule has 4 atom stereocenters. The lowest BCUT2D eigenvalue weighted by Crippen LogP contribution is -2.25. The maximum atomic E-state index is 11.7. The number of methoxy groups -OCH3 is 2. The number of aliphatic carboxylic acids is 1. The van der Waals surface area contributed by atoms with Crippen molar-refractivity contribution >= 4 is 23.9 Å². The molecule has 0 radical (unpaired) electrons. The number of ether oxygens (including phenoxy) is 4. The summed E-state index contributed by atoms with van der Waals surface area (Å²) >= 11 is 0. The predicted octanol–water partition coefficient (Wildman–Crippen LogP) is 7.41. The van der Waals surface area contributed by atoms with Crippen LogP contribution in [0.15, 0.2) is 46.6 Å². The fourth-order valence-electron chi connectivity index (χ4n) is 4.64. The quantitative estimate of drug-likeness (QED) is 0.0577. The molecule has 1 aliphatic heterocycles. The topological polar surface area (TPSA) is 146 Å². The smallest absolute Gasteiger partial charge is 0.317 e. The predicted molar refractivity (Wildman–Crippen MR) is 189 cm³/mol. The van der Waals surface area contributed by atoms with E-state index in [0.717, 1.165) is 44.1 Å². The largest absolute Gasteiger partial charge is 0.481 e. The normalized spacial score (nSPS) is 17.4. The molecule has 1 saturated heterocycles. The van der Waals surface area contributed by atoms with E-state index in [1.165, 1.54) is 23.8 Å². The maximum absolute atomic E-state index is 11.7. The molecule has 276 valence electrons. The van der Waals surface area contributed by atoms with Gasteiger partial charge in [0.1, 0.15) is 6.61 Å². The molecule has 0 aliphatic carbocycles. The highest BCUT2D eigenvalue weighted by Gasteiger charge is 2.36. The molecule has 1 fully saturated rings. The second-order valence-corrected chi connectivity index (χ2v) is 12.3. The zero-order chi connectivity index (χ0) is 37.1. The van der Waals surface area contributed by atoms with Gasteiger partial charge in [0.2, 0.25) is 0 Å². The summed E-state index contributed by atoms with van der Waals surface area (Å²) in [7, 11) is 3.07. The Bertz CT molecular complexity index is 1070. The zero-order valence-corrected chi connectivity index (χ0v) is 31.3. The van der Waals surface area contributed by atoms with Gasteiger partial charge in [-0.05, 0) is 78.1 Å². The Morgan fingerprint density at radius 2 is 1.38 bits per heavy atom. The SMILES string of the molecule is CC/C(C)=C/CC/C(C)=C/C(C)C(CC(=O)OCCOC)C(=O)O.CC/C(C)=C/CC/C(C)=C/C(C)C1CC(=O)OC1=O.COCCO. The van der Waals surface area contributed by atoms with E-state index >= 15 is 0 Å². The first-order valence-corrected chi connectivity index (χ1v) is 17.0. The minimum Gasteiger partial charge on any atom is -0.481 e. The average Bonchev–Trinajstić information content (AvgIpc) is 3.38. The number of aliphatic hydroxyl groups is 1. The lowest BCUT2D eigenvalue weighted by atomic mass is 9.89. The van der Waals surface area contributed by atoms with Gasteiger partial charge in [0.25, 0.3) is 0 Å².